The molecule has 3 aromatic rings. The summed E-state index contributed by atoms with van der Waals surface area (Å²) in [4.78, 5) is 0. The van der Waals surface area contributed by atoms with Gasteiger partial charge in [0.15, 0.2) is 0 Å². The quantitative estimate of drug-likeness (QED) is 0.453. The Bertz CT molecular complexity index is 934. The van der Waals surface area contributed by atoms with Crippen LogP contribution in [0.1, 0.15) is 47.9 Å². The smallest absolute Gasteiger partial charge is 0.120 e. The lowest BCUT2D eigenvalue weighted by Crippen LogP contribution is -2.00. The molecule has 0 aromatic heterocycles. The minimum Gasteiger partial charge on any atom is -0.489 e. The minimum absolute atomic E-state index is 0.0864. The molecule has 1 atom stereocenters. The molecule has 0 radical (unpaired) electrons. The van der Waals surface area contributed by atoms with E-state index in [1.807, 2.05) is 36.4 Å². The zero-order valence-corrected chi connectivity index (χ0v) is 17.4. The van der Waals surface area contributed by atoms with Crippen LogP contribution in [0.4, 0.5) is 0 Å². The molecule has 3 aromatic carbocycles. The Morgan fingerprint density at radius 2 is 1.57 bits per heavy atom. The van der Waals surface area contributed by atoms with Crippen LogP contribution < -0.4 is 4.74 Å². The summed E-state index contributed by atoms with van der Waals surface area (Å²) in [6.45, 7) is 2.56. The van der Waals surface area contributed by atoms with Crippen LogP contribution in [-0.2, 0) is 19.8 Å². The molecule has 0 fully saturated rings. The van der Waals surface area contributed by atoms with Crippen molar-refractivity contribution in [3.05, 3.63) is 89.0 Å². The van der Waals surface area contributed by atoms with Crippen molar-refractivity contribution in [2.24, 2.45) is 0 Å². The number of benzene rings is 3. The SMILES string of the molecule is CCC(CCO)c1ccc(-c2cccc(OCc3ccc(CO)c(CO)c3)c2)cc1. The van der Waals surface area contributed by atoms with Crippen molar-refractivity contribution in [2.45, 2.75) is 45.5 Å². The number of ether oxygens (including phenoxy) is 1. The molecule has 4 nitrogen and oxygen atoms in total. The number of aliphatic hydroxyl groups is 3. The Balaban J connectivity index is 1.70. The monoisotopic (exact) mass is 406 g/mol. The molecule has 0 aliphatic rings. The number of aliphatic hydroxyl groups excluding tert-OH is 3. The van der Waals surface area contributed by atoms with Crippen LogP contribution in [0.5, 0.6) is 5.75 Å². The summed E-state index contributed by atoms with van der Waals surface area (Å²) in [7, 11) is 0. The van der Waals surface area contributed by atoms with Gasteiger partial charge in [-0.3, -0.25) is 0 Å². The highest BCUT2D eigenvalue weighted by molar-refractivity contribution is 5.65. The molecule has 0 aliphatic heterocycles. The van der Waals surface area contributed by atoms with E-state index in [1.54, 1.807) is 0 Å². The van der Waals surface area contributed by atoms with Gasteiger partial charge in [-0.15, -0.1) is 0 Å². The Morgan fingerprint density at radius 1 is 0.800 bits per heavy atom. The van der Waals surface area contributed by atoms with Crippen LogP contribution in [-0.4, -0.2) is 21.9 Å². The maximum atomic E-state index is 9.46. The van der Waals surface area contributed by atoms with Gasteiger partial charge < -0.3 is 20.1 Å². The van der Waals surface area contributed by atoms with E-state index in [-0.39, 0.29) is 19.8 Å². The first-order chi connectivity index (χ1) is 14.7. The summed E-state index contributed by atoms with van der Waals surface area (Å²) in [6.07, 6.45) is 1.80. The van der Waals surface area contributed by atoms with Crippen LogP contribution >= 0.6 is 0 Å². The first-order valence-electron chi connectivity index (χ1n) is 10.4. The van der Waals surface area contributed by atoms with E-state index in [1.165, 1.54) is 5.56 Å². The predicted molar refractivity (Wildman–Crippen MR) is 119 cm³/mol. The number of rotatable bonds is 10. The van der Waals surface area contributed by atoms with E-state index in [9.17, 15) is 15.3 Å². The fraction of sp³-hybridized carbons (Fsp3) is 0.308. The summed E-state index contributed by atoms with van der Waals surface area (Å²) < 4.78 is 5.97. The summed E-state index contributed by atoms with van der Waals surface area (Å²) in [5.41, 5.74) is 5.86. The van der Waals surface area contributed by atoms with E-state index in [0.29, 0.717) is 12.5 Å². The Morgan fingerprint density at radius 3 is 2.23 bits per heavy atom. The van der Waals surface area contributed by atoms with E-state index < -0.39 is 0 Å². The summed E-state index contributed by atoms with van der Waals surface area (Å²) in [5.74, 6) is 1.17. The van der Waals surface area contributed by atoms with Crippen molar-refractivity contribution >= 4 is 0 Å². The van der Waals surface area contributed by atoms with Gasteiger partial charge in [-0.2, -0.15) is 0 Å². The summed E-state index contributed by atoms with van der Waals surface area (Å²) >= 11 is 0. The molecule has 0 amide bonds. The van der Waals surface area contributed by atoms with Crippen molar-refractivity contribution < 1.29 is 20.1 Å². The predicted octanol–water partition coefficient (Wildman–Crippen LogP) is 4.79. The highest BCUT2D eigenvalue weighted by Crippen LogP contribution is 2.28. The average Bonchev–Trinajstić information content (AvgIpc) is 2.81. The van der Waals surface area contributed by atoms with Gasteiger partial charge in [0.05, 0.1) is 13.2 Å². The van der Waals surface area contributed by atoms with Crippen LogP contribution in [0, 0.1) is 0 Å². The third-order valence-electron chi connectivity index (χ3n) is 5.54. The standard InChI is InChI=1S/C26H30O4/c1-2-20(12-13-27)21-8-10-22(11-9-21)23-4-3-5-26(15-23)30-18-19-6-7-24(16-28)25(14-19)17-29/h3-11,14-15,20,27-29H,2,12-13,16-18H2,1H3. The van der Waals surface area contributed by atoms with E-state index >= 15 is 0 Å². The molecular formula is C26H30O4. The molecule has 30 heavy (non-hydrogen) atoms. The molecule has 3 N–H and O–H groups in total. The van der Waals surface area contributed by atoms with Crippen molar-refractivity contribution in [1.29, 1.82) is 0 Å². The van der Waals surface area contributed by atoms with E-state index in [4.69, 9.17) is 4.74 Å². The van der Waals surface area contributed by atoms with Gasteiger partial charge in [-0.25, -0.2) is 0 Å². The molecule has 0 bridgehead atoms. The van der Waals surface area contributed by atoms with Crippen LogP contribution in [0.15, 0.2) is 66.7 Å². The van der Waals surface area contributed by atoms with E-state index in [0.717, 1.165) is 46.4 Å². The van der Waals surface area contributed by atoms with Gasteiger partial charge in [0.1, 0.15) is 12.4 Å². The maximum absolute atomic E-state index is 9.46. The molecular weight excluding hydrogens is 376 g/mol. The minimum atomic E-state index is -0.105. The molecule has 158 valence electrons. The third kappa shape index (κ3) is 5.48. The van der Waals surface area contributed by atoms with Gasteiger partial charge in [-0.05, 0) is 70.3 Å². The third-order valence-corrected chi connectivity index (χ3v) is 5.54. The topological polar surface area (TPSA) is 69.9 Å². The highest BCUT2D eigenvalue weighted by Gasteiger charge is 2.09. The second-order valence-corrected chi connectivity index (χ2v) is 7.48. The van der Waals surface area contributed by atoms with Crippen molar-refractivity contribution in [3.8, 4) is 16.9 Å². The largest absolute Gasteiger partial charge is 0.489 e. The summed E-state index contributed by atoms with van der Waals surface area (Å²) in [5, 5.41) is 28.0. The zero-order chi connectivity index (χ0) is 21.3. The fourth-order valence-corrected chi connectivity index (χ4v) is 3.71. The van der Waals surface area contributed by atoms with E-state index in [2.05, 4.69) is 37.3 Å². The zero-order valence-electron chi connectivity index (χ0n) is 17.4. The molecule has 0 spiro atoms. The lowest BCUT2D eigenvalue weighted by molar-refractivity contribution is 0.259. The average molecular weight is 407 g/mol. The van der Waals surface area contributed by atoms with Gasteiger partial charge >= 0.3 is 0 Å². The van der Waals surface area contributed by atoms with Gasteiger partial charge in [0.25, 0.3) is 0 Å². The number of hydrogen-bond donors (Lipinski definition) is 3. The maximum Gasteiger partial charge on any atom is 0.120 e. The van der Waals surface area contributed by atoms with Crippen molar-refractivity contribution in [3.63, 3.8) is 0 Å². The Hall–Kier alpha value is -2.66. The molecule has 4 heteroatoms. The Kier molecular flexibility index (Phi) is 8.03. The molecule has 3 rings (SSSR count). The second kappa shape index (κ2) is 10.9. The summed E-state index contributed by atoms with van der Waals surface area (Å²) in [6, 6.07) is 22.1. The second-order valence-electron chi connectivity index (χ2n) is 7.48. The van der Waals surface area contributed by atoms with Crippen LogP contribution in [0.3, 0.4) is 0 Å². The molecule has 0 saturated heterocycles. The lowest BCUT2D eigenvalue weighted by atomic mass is 9.92. The normalized spacial score (nSPS) is 12.0. The molecule has 0 heterocycles. The van der Waals surface area contributed by atoms with Gasteiger partial charge in [-0.1, -0.05) is 55.5 Å². The van der Waals surface area contributed by atoms with Crippen molar-refractivity contribution in [1.82, 2.24) is 0 Å². The van der Waals surface area contributed by atoms with Gasteiger partial charge in [0.2, 0.25) is 0 Å². The number of hydrogen-bond acceptors (Lipinski definition) is 4. The molecule has 1 unspecified atom stereocenters. The molecule has 0 saturated carbocycles. The van der Waals surface area contributed by atoms with Crippen molar-refractivity contribution in [2.75, 3.05) is 6.61 Å². The van der Waals surface area contributed by atoms with Crippen LogP contribution in [0.25, 0.3) is 11.1 Å². The first kappa shape index (κ1) is 22.0. The fourth-order valence-electron chi connectivity index (χ4n) is 3.71. The van der Waals surface area contributed by atoms with Gasteiger partial charge in [0, 0.05) is 6.61 Å². The molecule has 0 aliphatic carbocycles. The van der Waals surface area contributed by atoms with Crippen LogP contribution in [0.2, 0.25) is 0 Å². The first-order valence-corrected chi connectivity index (χ1v) is 10.4. The highest BCUT2D eigenvalue weighted by atomic mass is 16.5. The lowest BCUT2D eigenvalue weighted by Gasteiger charge is -2.15. The Labute approximate surface area is 178 Å².